The fraction of sp³-hybridized carbons (Fsp3) is 1.00. The molecule has 2 fully saturated rings. The van der Waals surface area contributed by atoms with Gasteiger partial charge in [0, 0.05) is 30.5 Å². The Labute approximate surface area is 115 Å². The average molecular weight is 303 g/mol. The van der Waals surface area contributed by atoms with Crippen LogP contribution >= 0.6 is 15.9 Å². The van der Waals surface area contributed by atoms with E-state index in [1.165, 1.54) is 38.9 Å². The Bertz CT molecular complexity index is 244. The first kappa shape index (κ1) is 13.8. The highest BCUT2D eigenvalue weighted by molar-refractivity contribution is 9.09. The summed E-state index contributed by atoms with van der Waals surface area (Å²) in [5.74, 6) is 1.59. The maximum Gasteiger partial charge on any atom is 0.0223 e. The van der Waals surface area contributed by atoms with Crippen molar-refractivity contribution < 1.29 is 0 Å². The Morgan fingerprint density at radius 3 is 2.53 bits per heavy atom. The van der Waals surface area contributed by atoms with Gasteiger partial charge < -0.3 is 4.90 Å². The maximum atomic E-state index is 3.68. The van der Waals surface area contributed by atoms with E-state index >= 15 is 0 Å². The quantitative estimate of drug-likeness (QED) is 0.737. The number of rotatable bonds is 4. The summed E-state index contributed by atoms with van der Waals surface area (Å²) in [6.07, 6.45) is 4.22. The lowest BCUT2D eigenvalue weighted by molar-refractivity contribution is 0.188. The molecule has 0 amide bonds. The standard InChI is InChI=1S/C14H27BrN2/c1-11(2)12(8-15)9-17-7-6-13-4-5-14(10-17)16(13)3/h11-14H,4-10H2,1-3H3. The minimum Gasteiger partial charge on any atom is -0.301 e. The topological polar surface area (TPSA) is 6.48 Å². The molecule has 2 nitrogen and oxygen atoms in total. The maximum absolute atomic E-state index is 3.68. The minimum absolute atomic E-state index is 0.785. The highest BCUT2D eigenvalue weighted by atomic mass is 79.9. The van der Waals surface area contributed by atoms with Crippen molar-refractivity contribution in [3.8, 4) is 0 Å². The van der Waals surface area contributed by atoms with E-state index in [-0.39, 0.29) is 0 Å². The first-order chi connectivity index (χ1) is 8.11. The van der Waals surface area contributed by atoms with Gasteiger partial charge in [-0.25, -0.2) is 0 Å². The summed E-state index contributed by atoms with van der Waals surface area (Å²) in [7, 11) is 2.33. The minimum atomic E-state index is 0.785. The molecule has 0 aromatic carbocycles. The van der Waals surface area contributed by atoms with Crippen molar-refractivity contribution in [2.45, 2.75) is 45.2 Å². The summed E-state index contributed by atoms with van der Waals surface area (Å²) < 4.78 is 0. The molecule has 17 heavy (non-hydrogen) atoms. The van der Waals surface area contributed by atoms with E-state index in [9.17, 15) is 0 Å². The van der Waals surface area contributed by atoms with Gasteiger partial charge in [0.1, 0.15) is 0 Å². The molecule has 2 rings (SSSR count). The van der Waals surface area contributed by atoms with Gasteiger partial charge in [0.2, 0.25) is 0 Å². The molecule has 0 aliphatic carbocycles. The zero-order valence-corrected chi connectivity index (χ0v) is 13.1. The molecule has 2 saturated heterocycles. The molecule has 3 unspecified atom stereocenters. The predicted molar refractivity (Wildman–Crippen MR) is 77.8 cm³/mol. The second-order valence-corrected chi connectivity index (χ2v) is 6.90. The second-order valence-electron chi connectivity index (χ2n) is 6.26. The van der Waals surface area contributed by atoms with Crippen LogP contribution in [0.4, 0.5) is 0 Å². The third-order valence-electron chi connectivity index (χ3n) is 4.87. The number of hydrogen-bond acceptors (Lipinski definition) is 2. The van der Waals surface area contributed by atoms with Crippen LogP contribution < -0.4 is 0 Å². The normalized spacial score (nSPS) is 33.0. The van der Waals surface area contributed by atoms with Gasteiger partial charge in [-0.2, -0.15) is 0 Å². The van der Waals surface area contributed by atoms with Gasteiger partial charge in [-0.1, -0.05) is 29.8 Å². The highest BCUT2D eigenvalue weighted by Crippen LogP contribution is 2.29. The molecule has 0 N–H and O–H groups in total. The molecule has 0 spiro atoms. The highest BCUT2D eigenvalue weighted by Gasteiger charge is 2.35. The monoisotopic (exact) mass is 302 g/mol. The molecular weight excluding hydrogens is 276 g/mol. The van der Waals surface area contributed by atoms with E-state index in [2.05, 4.69) is 46.6 Å². The van der Waals surface area contributed by atoms with Crippen LogP contribution in [0.25, 0.3) is 0 Å². The van der Waals surface area contributed by atoms with E-state index in [0.717, 1.165) is 29.2 Å². The van der Waals surface area contributed by atoms with Crippen LogP contribution in [0.1, 0.15) is 33.1 Å². The summed E-state index contributed by atoms with van der Waals surface area (Å²) in [4.78, 5) is 5.35. The third-order valence-corrected chi connectivity index (χ3v) is 5.70. The van der Waals surface area contributed by atoms with E-state index in [4.69, 9.17) is 0 Å². The Morgan fingerprint density at radius 1 is 1.18 bits per heavy atom. The molecule has 2 bridgehead atoms. The molecule has 3 atom stereocenters. The summed E-state index contributed by atoms with van der Waals surface area (Å²) in [5.41, 5.74) is 0. The first-order valence-electron chi connectivity index (χ1n) is 7.12. The molecule has 100 valence electrons. The van der Waals surface area contributed by atoms with Crippen molar-refractivity contribution >= 4 is 15.9 Å². The number of likely N-dealkylation sites (tertiary alicyclic amines) is 1. The van der Waals surface area contributed by atoms with Crippen molar-refractivity contribution in [3.05, 3.63) is 0 Å². The lowest BCUT2D eigenvalue weighted by Crippen LogP contribution is -2.39. The largest absolute Gasteiger partial charge is 0.301 e. The van der Waals surface area contributed by atoms with Gasteiger partial charge in [-0.15, -0.1) is 0 Å². The van der Waals surface area contributed by atoms with Crippen LogP contribution in [0, 0.1) is 11.8 Å². The molecule has 0 saturated carbocycles. The van der Waals surface area contributed by atoms with Gasteiger partial charge in [-0.3, -0.25) is 4.90 Å². The first-order valence-corrected chi connectivity index (χ1v) is 8.24. The summed E-state index contributed by atoms with van der Waals surface area (Å²) in [6.45, 7) is 8.58. The Kier molecular flexibility index (Phi) is 4.90. The van der Waals surface area contributed by atoms with Crippen molar-refractivity contribution in [1.29, 1.82) is 0 Å². The van der Waals surface area contributed by atoms with Gasteiger partial charge in [0.25, 0.3) is 0 Å². The Morgan fingerprint density at radius 2 is 1.88 bits per heavy atom. The van der Waals surface area contributed by atoms with E-state index in [0.29, 0.717) is 0 Å². The predicted octanol–water partition coefficient (Wildman–Crippen LogP) is 2.82. The van der Waals surface area contributed by atoms with Gasteiger partial charge in [-0.05, 0) is 44.7 Å². The van der Waals surface area contributed by atoms with Crippen LogP contribution in [-0.4, -0.2) is 53.9 Å². The third kappa shape index (κ3) is 3.24. The van der Waals surface area contributed by atoms with Crippen molar-refractivity contribution in [3.63, 3.8) is 0 Å². The van der Waals surface area contributed by atoms with Gasteiger partial charge in [0.15, 0.2) is 0 Å². The van der Waals surface area contributed by atoms with Gasteiger partial charge >= 0.3 is 0 Å². The molecule has 0 radical (unpaired) electrons. The van der Waals surface area contributed by atoms with Crippen LogP contribution in [0.2, 0.25) is 0 Å². The number of likely N-dealkylation sites (N-methyl/N-ethyl adjacent to an activating group) is 1. The second kappa shape index (κ2) is 6.03. The Balaban J connectivity index is 1.90. The number of fused-ring (bicyclic) bond motifs is 2. The van der Waals surface area contributed by atoms with Crippen LogP contribution in [0.5, 0.6) is 0 Å². The summed E-state index contributed by atoms with van der Waals surface area (Å²) in [6, 6.07) is 1.69. The fourth-order valence-corrected chi connectivity index (χ4v) is 4.27. The lowest BCUT2D eigenvalue weighted by atomic mass is 9.97. The summed E-state index contributed by atoms with van der Waals surface area (Å²) >= 11 is 3.68. The Hall–Kier alpha value is 0.400. The zero-order chi connectivity index (χ0) is 12.4. The molecule has 0 aromatic rings. The van der Waals surface area contributed by atoms with Crippen LogP contribution in [0.3, 0.4) is 0 Å². The molecule has 2 aliphatic heterocycles. The van der Waals surface area contributed by atoms with Crippen LogP contribution in [-0.2, 0) is 0 Å². The molecule has 3 heteroatoms. The van der Waals surface area contributed by atoms with Crippen molar-refractivity contribution in [1.82, 2.24) is 9.80 Å². The molecule has 2 heterocycles. The number of halogens is 1. The number of hydrogen-bond donors (Lipinski definition) is 0. The fourth-order valence-electron chi connectivity index (χ4n) is 3.31. The van der Waals surface area contributed by atoms with Crippen molar-refractivity contribution in [2.24, 2.45) is 11.8 Å². The molecule has 2 aliphatic rings. The summed E-state index contributed by atoms with van der Waals surface area (Å²) in [5, 5.41) is 1.14. The zero-order valence-electron chi connectivity index (χ0n) is 11.5. The van der Waals surface area contributed by atoms with Crippen LogP contribution in [0.15, 0.2) is 0 Å². The number of nitrogens with zero attached hydrogens (tertiary/aromatic N) is 2. The smallest absolute Gasteiger partial charge is 0.0223 e. The SMILES string of the molecule is CC(C)C(CBr)CN1CCC2CCC(C1)N2C. The van der Waals surface area contributed by atoms with E-state index in [1.54, 1.807) is 0 Å². The number of alkyl halides is 1. The molecule has 0 aromatic heterocycles. The molecular formula is C14H27BrN2. The van der Waals surface area contributed by atoms with E-state index < -0.39 is 0 Å². The van der Waals surface area contributed by atoms with E-state index in [1.807, 2.05) is 0 Å². The lowest BCUT2D eigenvalue weighted by Gasteiger charge is -2.30. The van der Waals surface area contributed by atoms with Crippen molar-refractivity contribution in [2.75, 3.05) is 32.0 Å². The average Bonchev–Trinajstić information content (AvgIpc) is 2.52. The van der Waals surface area contributed by atoms with Gasteiger partial charge in [0.05, 0.1) is 0 Å².